The number of alkyl halides is 3. The van der Waals surface area contributed by atoms with Crippen molar-refractivity contribution in [1.82, 2.24) is 14.5 Å². The van der Waals surface area contributed by atoms with E-state index >= 15 is 0 Å². The van der Waals surface area contributed by atoms with Gasteiger partial charge < -0.3 is 24.2 Å². The molecular weight excluding hydrogens is 501 g/mol. The lowest BCUT2D eigenvalue weighted by atomic mass is 9.75. The van der Waals surface area contributed by atoms with E-state index < -0.39 is 24.1 Å². The first-order valence-electron chi connectivity index (χ1n) is 13.2. The van der Waals surface area contributed by atoms with E-state index in [0.717, 1.165) is 35.5 Å². The molecule has 2 aromatic rings. The van der Waals surface area contributed by atoms with Crippen molar-refractivity contribution < 1.29 is 32.6 Å². The summed E-state index contributed by atoms with van der Waals surface area (Å²) < 4.78 is 45.9. The van der Waals surface area contributed by atoms with E-state index in [0.29, 0.717) is 12.2 Å². The molecule has 1 N–H and O–H groups in total. The number of carbonyl (C=O) groups is 2. The molecule has 206 valence electrons. The van der Waals surface area contributed by atoms with Crippen molar-refractivity contribution in [2.24, 2.45) is 0 Å². The standard InChI is InChI=1S/C27H33F3N4O4/c1-17(2)38-25(37)32-15-26(16-32)19-8-3-4-10-21(19)34(24(26)36)13-22-31-20-9-5-7-18(14-35)23(20)33(22)12-6-11-27(28,29)30/h3-4,8,10,17-18,35H,5-7,9,11-16H2,1-2H3. The molecule has 1 unspecified atom stereocenters. The number of aliphatic hydroxyl groups is 1. The van der Waals surface area contributed by atoms with Crippen molar-refractivity contribution in [3.63, 3.8) is 0 Å². The summed E-state index contributed by atoms with van der Waals surface area (Å²) in [5.41, 5.74) is 2.24. The van der Waals surface area contributed by atoms with Crippen molar-refractivity contribution in [1.29, 1.82) is 0 Å². The Morgan fingerprint density at radius 1 is 1.26 bits per heavy atom. The number of nitrogens with zero attached hydrogens (tertiary/aromatic N) is 4. The average Bonchev–Trinajstić information content (AvgIpc) is 3.29. The second-order valence-corrected chi connectivity index (χ2v) is 10.8. The summed E-state index contributed by atoms with van der Waals surface area (Å²) in [5, 5.41) is 9.99. The fraction of sp³-hybridized carbons (Fsp3) is 0.593. The van der Waals surface area contributed by atoms with Gasteiger partial charge in [-0.25, -0.2) is 9.78 Å². The minimum absolute atomic E-state index is 0.102. The van der Waals surface area contributed by atoms with Crippen LogP contribution in [0, 0.1) is 0 Å². The molecule has 11 heteroatoms. The van der Waals surface area contributed by atoms with Crippen LogP contribution >= 0.6 is 0 Å². The predicted octanol–water partition coefficient (Wildman–Crippen LogP) is 4.28. The molecule has 3 heterocycles. The summed E-state index contributed by atoms with van der Waals surface area (Å²) in [4.78, 5) is 34.3. The summed E-state index contributed by atoms with van der Waals surface area (Å²) in [6, 6.07) is 7.44. The highest BCUT2D eigenvalue weighted by Gasteiger charge is 2.59. The second-order valence-electron chi connectivity index (χ2n) is 10.8. The number of rotatable bonds is 7. The third kappa shape index (κ3) is 4.65. The molecule has 3 aliphatic rings. The zero-order valence-electron chi connectivity index (χ0n) is 21.6. The number of benzene rings is 1. The average molecular weight is 535 g/mol. The fourth-order valence-electron chi connectivity index (χ4n) is 6.06. The summed E-state index contributed by atoms with van der Waals surface area (Å²) in [6.45, 7) is 4.05. The van der Waals surface area contributed by atoms with Gasteiger partial charge in [-0.05, 0) is 51.2 Å². The predicted molar refractivity (Wildman–Crippen MR) is 133 cm³/mol. The van der Waals surface area contributed by atoms with Crippen molar-refractivity contribution in [3.8, 4) is 0 Å². The van der Waals surface area contributed by atoms with Crippen molar-refractivity contribution in [2.75, 3.05) is 24.6 Å². The van der Waals surface area contributed by atoms with Gasteiger partial charge in [-0.3, -0.25) is 4.79 Å². The number of likely N-dealkylation sites (tertiary alicyclic amines) is 1. The molecule has 0 radical (unpaired) electrons. The number of amides is 2. The maximum absolute atomic E-state index is 13.9. The number of carbonyl (C=O) groups excluding carboxylic acids is 2. The van der Waals surface area contributed by atoms with E-state index in [1.807, 2.05) is 24.3 Å². The lowest BCUT2D eigenvalue weighted by molar-refractivity contribution is -0.136. The number of halogens is 3. The number of para-hydroxylation sites is 1. The molecule has 1 fully saturated rings. The normalized spacial score (nSPS) is 20.1. The molecule has 5 rings (SSSR count). The number of ether oxygens (including phenoxy) is 1. The van der Waals surface area contributed by atoms with Gasteiger partial charge in [0.05, 0.1) is 24.9 Å². The van der Waals surface area contributed by atoms with Crippen molar-refractivity contribution >= 4 is 17.7 Å². The Hall–Kier alpha value is -3.08. The highest BCUT2D eigenvalue weighted by atomic mass is 19.4. The minimum atomic E-state index is -4.26. The monoisotopic (exact) mass is 534 g/mol. The van der Waals surface area contributed by atoms with Gasteiger partial charge in [0.2, 0.25) is 5.91 Å². The zero-order chi connectivity index (χ0) is 27.2. The van der Waals surface area contributed by atoms with Crippen LogP contribution in [-0.4, -0.2) is 63.5 Å². The molecule has 1 aromatic heterocycles. The maximum atomic E-state index is 13.9. The Kier molecular flexibility index (Phi) is 6.91. The SMILES string of the molecule is CC(C)OC(=O)N1CC2(C1)C(=O)N(Cc1nc3c(n1CCCC(F)(F)F)C(CO)CCC3)c1ccccc12. The van der Waals surface area contributed by atoms with Crippen LogP contribution in [0.15, 0.2) is 24.3 Å². The maximum Gasteiger partial charge on any atom is 0.410 e. The van der Waals surface area contributed by atoms with Gasteiger partial charge in [-0.2, -0.15) is 13.2 Å². The van der Waals surface area contributed by atoms with Gasteiger partial charge in [0, 0.05) is 43.4 Å². The van der Waals surface area contributed by atoms with Gasteiger partial charge >= 0.3 is 12.3 Å². The van der Waals surface area contributed by atoms with E-state index in [1.165, 1.54) is 4.90 Å². The Balaban J connectivity index is 1.44. The molecule has 2 amide bonds. The van der Waals surface area contributed by atoms with Crippen LogP contribution in [0.2, 0.25) is 0 Å². The molecule has 1 saturated heterocycles. The topological polar surface area (TPSA) is 87.9 Å². The first-order valence-corrected chi connectivity index (χ1v) is 13.2. The molecule has 1 aliphatic carbocycles. The van der Waals surface area contributed by atoms with Gasteiger partial charge in [-0.15, -0.1) is 0 Å². The summed E-state index contributed by atoms with van der Waals surface area (Å²) in [7, 11) is 0. The lowest BCUT2D eigenvalue weighted by Crippen LogP contribution is -2.65. The van der Waals surface area contributed by atoms with Crippen LogP contribution in [0.3, 0.4) is 0 Å². The number of imidazole rings is 1. The third-order valence-corrected chi connectivity index (χ3v) is 7.76. The molecule has 1 atom stereocenters. The van der Waals surface area contributed by atoms with Crippen LogP contribution in [0.4, 0.5) is 23.7 Å². The van der Waals surface area contributed by atoms with E-state index in [2.05, 4.69) is 0 Å². The van der Waals surface area contributed by atoms with E-state index in [-0.39, 0.29) is 57.1 Å². The van der Waals surface area contributed by atoms with Crippen LogP contribution in [0.25, 0.3) is 0 Å². The largest absolute Gasteiger partial charge is 0.447 e. The number of hydrogen-bond donors (Lipinski definition) is 1. The highest BCUT2D eigenvalue weighted by molar-refractivity contribution is 6.09. The molecule has 1 spiro atoms. The first kappa shape index (κ1) is 26.5. The van der Waals surface area contributed by atoms with Crippen molar-refractivity contribution in [3.05, 3.63) is 47.0 Å². The number of fused-ring (bicyclic) bond motifs is 3. The quantitative estimate of drug-likeness (QED) is 0.573. The molecule has 2 aliphatic heterocycles. The van der Waals surface area contributed by atoms with Crippen LogP contribution < -0.4 is 4.90 Å². The molecular formula is C27H33F3N4O4. The van der Waals surface area contributed by atoms with Gasteiger partial charge in [0.1, 0.15) is 11.2 Å². The molecule has 1 aromatic carbocycles. The summed E-state index contributed by atoms with van der Waals surface area (Å²) in [6.07, 6.45) is -3.76. The van der Waals surface area contributed by atoms with E-state index in [4.69, 9.17) is 9.72 Å². The molecule has 0 saturated carbocycles. The number of aromatic nitrogens is 2. The molecule has 0 bridgehead atoms. The Morgan fingerprint density at radius 3 is 2.68 bits per heavy atom. The van der Waals surface area contributed by atoms with Gasteiger partial charge in [0.25, 0.3) is 0 Å². The number of aliphatic hydroxyl groups excluding tert-OH is 1. The summed E-state index contributed by atoms with van der Waals surface area (Å²) in [5.74, 6) is 0.174. The minimum Gasteiger partial charge on any atom is -0.447 e. The fourth-order valence-corrected chi connectivity index (χ4v) is 6.06. The van der Waals surface area contributed by atoms with Gasteiger partial charge in [-0.1, -0.05) is 18.2 Å². The number of aryl methyl sites for hydroxylation is 1. The Morgan fingerprint density at radius 2 is 2.00 bits per heavy atom. The van der Waals surface area contributed by atoms with E-state index in [9.17, 15) is 27.9 Å². The molecule has 38 heavy (non-hydrogen) atoms. The van der Waals surface area contributed by atoms with E-state index in [1.54, 1.807) is 23.3 Å². The van der Waals surface area contributed by atoms with Crippen molar-refractivity contribution in [2.45, 2.75) is 82.7 Å². The second kappa shape index (κ2) is 9.91. The Bertz CT molecular complexity index is 1220. The first-order chi connectivity index (χ1) is 18.0. The lowest BCUT2D eigenvalue weighted by Gasteiger charge is -2.46. The highest BCUT2D eigenvalue weighted by Crippen LogP contribution is 2.48. The zero-order valence-corrected chi connectivity index (χ0v) is 21.6. The van der Waals surface area contributed by atoms with Crippen LogP contribution in [0.5, 0.6) is 0 Å². The number of anilines is 1. The number of hydrogen-bond acceptors (Lipinski definition) is 5. The van der Waals surface area contributed by atoms with Gasteiger partial charge in [0.15, 0.2) is 0 Å². The third-order valence-electron chi connectivity index (χ3n) is 7.76. The molecule has 8 nitrogen and oxygen atoms in total. The summed E-state index contributed by atoms with van der Waals surface area (Å²) >= 11 is 0. The smallest absolute Gasteiger partial charge is 0.410 e. The van der Waals surface area contributed by atoms with Crippen LogP contribution in [0.1, 0.15) is 68.2 Å². The Labute approximate surface area is 219 Å². The van der Waals surface area contributed by atoms with Crippen LogP contribution in [-0.2, 0) is 34.5 Å².